The highest BCUT2D eigenvalue weighted by molar-refractivity contribution is 7.98. The molecule has 0 atom stereocenters. The molecule has 0 saturated heterocycles. The summed E-state index contributed by atoms with van der Waals surface area (Å²) in [7, 11) is 0. The first-order chi connectivity index (χ1) is 12.7. The average molecular weight is 364 g/mol. The van der Waals surface area contributed by atoms with Crippen molar-refractivity contribution in [2.45, 2.75) is 5.75 Å². The predicted octanol–water partition coefficient (Wildman–Crippen LogP) is 3.33. The van der Waals surface area contributed by atoms with Crippen molar-refractivity contribution in [3.63, 3.8) is 0 Å². The molecule has 26 heavy (non-hydrogen) atoms. The van der Waals surface area contributed by atoms with Gasteiger partial charge in [0.05, 0.1) is 11.6 Å². The van der Waals surface area contributed by atoms with Crippen LogP contribution in [0.1, 0.15) is 21.5 Å². The summed E-state index contributed by atoms with van der Waals surface area (Å²) in [5.41, 5.74) is 1.46. The Labute approximate surface area is 154 Å². The Hall–Kier alpha value is -3.04. The van der Waals surface area contributed by atoms with E-state index in [0.717, 1.165) is 5.56 Å². The first kappa shape index (κ1) is 17.8. The second-order valence-corrected chi connectivity index (χ2v) is 6.67. The van der Waals surface area contributed by atoms with Crippen molar-refractivity contribution in [3.8, 4) is 6.07 Å². The summed E-state index contributed by atoms with van der Waals surface area (Å²) < 4.78 is 5.17. The second kappa shape index (κ2) is 8.37. The van der Waals surface area contributed by atoms with Gasteiger partial charge in [0.25, 0.3) is 5.91 Å². The Morgan fingerprint density at radius 3 is 2.77 bits per heavy atom. The third kappa shape index (κ3) is 4.13. The number of thioether (sulfide) groups is 1. The number of para-hydroxylation sites is 1. The van der Waals surface area contributed by atoms with Gasteiger partial charge in [-0.25, -0.2) is 4.79 Å². The van der Waals surface area contributed by atoms with Gasteiger partial charge in [0.2, 0.25) is 0 Å². The molecule has 3 aromatic rings. The topological polar surface area (TPSA) is 83.1 Å². The summed E-state index contributed by atoms with van der Waals surface area (Å²) in [6, 6.07) is 18.2. The number of nitriles is 1. The van der Waals surface area contributed by atoms with Gasteiger partial charge in [-0.3, -0.25) is 4.79 Å². The first-order valence-corrected chi connectivity index (χ1v) is 9.21. The van der Waals surface area contributed by atoms with E-state index in [4.69, 9.17) is 9.68 Å². The monoisotopic (exact) mass is 364 g/mol. The highest BCUT2D eigenvalue weighted by Crippen LogP contribution is 2.16. The van der Waals surface area contributed by atoms with Gasteiger partial charge >= 0.3 is 5.63 Å². The van der Waals surface area contributed by atoms with Crippen molar-refractivity contribution >= 4 is 28.6 Å². The average Bonchev–Trinajstić information content (AvgIpc) is 2.67. The molecule has 6 heteroatoms. The maximum absolute atomic E-state index is 12.2. The zero-order valence-electron chi connectivity index (χ0n) is 13.9. The molecule has 130 valence electrons. The quantitative estimate of drug-likeness (QED) is 0.536. The van der Waals surface area contributed by atoms with Crippen LogP contribution in [0.2, 0.25) is 0 Å². The highest BCUT2D eigenvalue weighted by Gasteiger charge is 2.13. The van der Waals surface area contributed by atoms with Gasteiger partial charge in [0.1, 0.15) is 11.1 Å². The zero-order chi connectivity index (χ0) is 18.4. The lowest BCUT2D eigenvalue weighted by Crippen LogP contribution is -2.30. The van der Waals surface area contributed by atoms with Crippen LogP contribution in [0.25, 0.3) is 11.0 Å². The van der Waals surface area contributed by atoms with E-state index in [9.17, 15) is 9.59 Å². The molecule has 1 aromatic heterocycles. The van der Waals surface area contributed by atoms with E-state index in [1.165, 1.54) is 0 Å². The van der Waals surface area contributed by atoms with Gasteiger partial charge in [-0.05, 0) is 23.8 Å². The van der Waals surface area contributed by atoms with Crippen LogP contribution >= 0.6 is 11.8 Å². The Morgan fingerprint density at radius 1 is 1.15 bits per heavy atom. The van der Waals surface area contributed by atoms with Crippen molar-refractivity contribution in [3.05, 3.63) is 81.7 Å². The molecule has 1 N–H and O–H groups in total. The maximum Gasteiger partial charge on any atom is 0.349 e. The molecular formula is C20H16N2O3S. The van der Waals surface area contributed by atoms with Crippen LogP contribution in [0.15, 0.2) is 63.8 Å². The van der Waals surface area contributed by atoms with E-state index in [1.807, 2.05) is 24.3 Å². The minimum absolute atomic E-state index is 0.00326. The summed E-state index contributed by atoms with van der Waals surface area (Å²) in [4.78, 5) is 24.2. The summed E-state index contributed by atoms with van der Waals surface area (Å²) in [5.74, 6) is 0.921. The number of nitrogens with one attached hydrogen (secondary N) is 1. The Balaban J connectivity index is 1.54. The number of carbonyl (C=O) groups excluding carboxylic acids is 1. The van der Waals surface area contributed by atoms with E-state index < -0.39 is 11.5 Å². The first-order valence-electron chi connectivity index (χ1n) is 8.06. The van der Waals surface area contributed by atoms with Crippen LogP contribution in [0.3, 0.4) is 0 Å². The molecule has 0 unspecified atom stereocenters. The normalized spacial score (nSPS) is 10.4. The Kier molecular flexibility index (Phi) is 5.72. The molecule has 0 spiro atoms. The van der Waals surface area contributed by atoms with Gasteiger partial charge in [0, 0.05) is 23.4 Å². The number of hydrogen-bond donors (Lipinski definition) is 1. The smallest absolute Gasteiger partial charge is 0.349 e. The fourth-order valence-electron chi connectivity index (χ4n) is 2.49. The lowest BCUT2D eigenvalue weighted by Gasteiger charge is -2.06. The number of rotatable bonds is 6. The third-order valence-corrected chi connectivity index (χ3v) is 4.82. The van der Waals surface area contributed by atoms with Crippen molar-refractivity contribution in [1.82, 2.24) is 5.32 Å². The van der Waals surface area contributed by atoms with Gasteiger partial charge in [0.15, 0.2) is 0 Å². The molecule has 0 aliphatic carbocycles. The lowest BCUT2D eigenvalue weighted by molar-refractivity contribution is 0.0952. The molecule has 0 bridgehead atoms. The van der Waals surface area contributed by atoms with Crippen LogP contribution in [0, 0.1) is 11.3 Å². The van der Waals surface area contributed by atoms with Crippen LogP contribution in [-0.4, -0.2) is 18.2 Å². The molecule has 3 rings (SSSR count). The highest BCUT2D eigenvalue weighted by atomic mass is 32.2. The predicted molar refractivity (Wildman–Crippen MR) is 102 cm³/mol. The fraction of sp³-hybridized carbons (Fsp3) is 0.150. The summed E-state index contributed by atoms with van der Waals surface area (Å²) in [5, 5.41) is 12.5. The van der Waals surface area contributed by atoms with Crippen LogP contribution in [0.5, 0.6) is 0 Å². The lowest BCUT2D eigenvalue weighted by atomic mass is 10.1. The molecule has 1 amide bonds. The van der Waals surface area contributed by atoms with Crippen molar-refractivity contribution < 1.29 is 9.21 Å². The molecule has 0 aliphatic rings. The Morgan fingerprint density at radius 2 is 1.92 bits per heavy atom. The Bertz CT molecular complexity index is 1040. The number of hydrogen-bond acceptors (Lipinski definition) is 5. The van der Waals surface area contributed by atoms with Crippen molar-refractivity contribution in [2.75, 3.05) is 12.3 Å². The van der Waals surface area contributed by atoms with Gasteiger partial charge in [-0.2, -0.15) is 17.0 Å². The van der Waals surface area contributed by atoms with Gasteiger partial charge < -0.3 is 9.73 Å². The van der Waals surface area contributed by atoms with Crippen LogP contribution in [-0.2, 0) is 5.75 Å². The van der Waals surface area contributed by atoms with Crippen molar-refractivity contribution in [1.29, 1.82) is 5.26 Å². The van der Waals surface area contributed by atoms with Gasteiger partial charge in [-0.15, -0.1) is 0 Å². The second-order valence-electron chi connectivity index (χ2n) is 5.56. The molecular weight excluding hydrogens is 348 g/mol. The maximum atomic E-state index is 12.2. The number of carbonyl (C=O) groups is 1. The van der Waals surface area contributed by atoms with Crippen LogP contribution in [0.4, 0.5) is 0 Å². The fourth-order valence-corrected chi connectivity index (χ4v) is 3.35. The number of benzene rings is 2. The minimum Gasteiger partial charge on any atom is -0.422 e. The summed E-state index contributed by atoms with van der Waals surface area (Å²) in [6.45, 7) is 0.421. The minimum atomic E-state index is -0.642. The van der Waals surface area contributed by atoms with E-state index >= 15 is 0 Å². The SMILES string of the molecule is N#Cc1ccccc1CSCCNC(=O)c1cc2ccccc2oc1=O. The molecule has 2 aromatic carbocycles. The van der Waals surface area contributed by atoms with Crippen LogP contribution < -0.4 is 10.9 Å². The molecule has 5 nitrogen and oxygen atoms in total. The standard InChI is InChI=1S/C20H16N2O3S/c21-12-15-6-1-2-7-16(15)13-26-10-9-22-19(23)17-11-14-5-3-4-8-18(14)25-20(17)24/h1-8,11H,9-10,13H2,(H,22,23). The summed E-state index contributed by atoms with van der Waals surface area (Å²) in [6.07, 6.45) is 0. The van der Waals surface area contributed by atoms with E-state index in [-0.39, 0.29) is 5.56 Å². The van der Waals surface area contributed by atoms with Gasteiger partial charge in [-0.1, -0.05) is 36.4 Å². The molecule has 0 saturated carbocycles. The summed E-state index contributed by atoms with van der Waals surface area (Å²) >= 11 is 1.61. The number of fused-ring (bicyclic) bond motifs is 1. The van der Waals surface area contributed by atoms with E-state index in [0.29, 0.717) is 34.6 Å². The number of amides is 1. The van der Waals surface area contributed by atoms with E-state index in [1.54, 1.807) is 42.1 Å². The molecule has 0 radical (unpaired) electrons. The van der Waals surface area contributed by atoms with Crippen molar-refractivity contribution in [2.24, 2.45) is 0 Å². The molecule has 1 heterocycles. The molecule has 0 aliphatic heterocycles. The zero-order valence-corrected chi connectivity index (χ0v) is 14.7. The largest absolute Gasteiger partial charge is 0.422 e. The molecule has 0 fully saturated rings. The third-order valence-electron chi connectivity index (χ3n) is 3.81. The number of nitrogens with zero attached hydrogens (tertiary/aromatic N) is 1. The van der Waals surface area contributed by atoms with E-state index in [2.05, 4.69) is 11.4 Å².